The minimum Gasteiger partial charge on any atom is -0.483 e. The highest BCUT2D eigenvalue weighted by molar-refractivity contribution is 5.86. The van der Waals surface area contributed by atoms with E-state index in [1.54, 1.807) is 30.0 Å². The number of nitrogens with one attached hydrogen (secondary N) is 1. The van der Waals surface area contributed by atoms with Crippen LogP contribution in [-0.4, -0.2) is 55.6 Å². The second-order valence-electron chi connectivity index (χ2n) is 9.31. The molecular weight excluding hydrogens is 534 g/mol. The smallest absolute Gasteiger partial charge is 0.388 e. The normalized spacial score (nSPS) is 13.2. The van der Waals surface area contributed by atoms with Gasteiger partial charge in [-0.3, -0.25) is 4.57 Å². The third-order valence-electron chi connectivity index (χ3n) is 6.40. The Kier molecular flexibility index (Phi) is 6.82. The largest absolute Gasteiger partial charge is 0.483 e. The van der Waals surface area contributed by atoms with Gasteiger partial charge in [0.25, 0.3) is 0 Å². The van der Waals surface area contributed by atoms with E-state index in [9.17, 15) is 14.0 Å². The Morgan fingerprint density at radius 1 is 1.10 bits per heavy atom. The first-order valence-electron chi connectivity index (χ1n) is 12.5. The van der Waals surface area contributed by atoms with Gasteiger partial charge in [-0.15, -0.1) is 5.10 Å². The van der Waals surface area contributed by atoms with E-state index in [0.29, 0.717) is 64.1 Å². The maximum atomic E-state index is 12.8. The second kappa shape index (κ2) is 10.7. The zero-order valence-corrected chi connectivity index (χ0v) is 21.9. The molecule has 1 fully saturated rings. The number of nitriles is 1. The molecule has 1 aliphatic rings. The van der Waals surface area contributed by atoms with Crippen molar-refractivity contribution in [1.82, 2.24) is 29.7 Å². The lowest BCUT2D eigenvalue weighted by molar-refractivity contribution is -0.0793. The maximum absolute atomic E-state index is 12.8. The van der Waals surface area contributed by atoms with Crippen molar-refractivity contribution in [2.24, 2.45) is 0 Å². The Labute approximate surface area is 232 Å². The van der Waals surface area contributed by atoms with Crippen molar-refractivity contribution in [2.75, 3.05) is 18.5 Å². The molecule has 6 rings (SSSR count). The van der Waals surface area contributed by atoms with E-state index in [-0.39, 0.29) is 17.5 Å². The summed E-state index contributed by atoms with van der Waals surface area (Å²) in [5.74, 6) is 1.29. The average Bonchev–Trinajstić information content (AvgIpc) is 3.35. The topological polar surface area (TPSA) is 133 Å². The molecular formula is C28H22F2N8O3. The maximum Gasteiger partial charge on any atom is 0.388 e. The average molecular weight is 557 g/mol. The van der Waals surface area contributed by atoms with Crippen LogP contribution in [0.25, 0.3) is 28.1 Å². The summed E-state index contributed by atoms with van der Waals surface area (Å²) in [7, 11) is 0. The van der Waals surface area contributed by atoms with Gasteiger partial charge in [0.2, 0.25) is 5.88 Å². The number of halogens is 2. The van der Waals surface area contributed by atoms with E-state index in [0.717, 1.165) is 5.69 Å². The highest BCUT2D eigenvalue weighted by Crippen LogP contribution is 2.35. The second-order valence-corrected chi connectivity index (χ2v) is 9.31. The van der Waals surface area contributed by atoms with Gasteiger partial charge >= 0.3 is 6.61 Å². The van der Waals surface area contributed by atoms with Crippen molar-refractivity contribution in [3.05, 3.63) is 71.8 Å². The number of nitrogens with zero attached hydrogens (tertiary/aromatic N) is 7. The molecule has 206 valence electrons. The van der Waals surface area contributed by atoms with Crippen LogP contribution in [0, 0.1) is 25.2 Å². The number of imidazole rings is 1. The summed E-state index contributed by atoms with van der Waals surface area (Å²) >= 11 is 0. The van der Waals surface area contributed by atoms with Crippen molar-refractivity contribution in [3.63, 3.8) is 0 Å². The van der Waals surface area contributed by atoms with Crippen LogP contribution in [0.5, 0.6) is 11.6 Å². The minimum absolute atomic E-state index is 0.104. The molecule has 0 bridgehead atoms. The molecule has 0 aliphatic carbocycles. The fraction of sp³-hybridized carbons (Fsp3) is 0.214. The molecule has 0 atom stereocenters. The van der Waals surface area contributed by atoms with Gasteiger partial charge in [-0.25, -0.2) is 15.0 Å². The van der Waals surface area contributed by atoms with Gasteiger partial charge in [-0.1, -0.05) is 0 Å². The molecule has 41 heavy (non-hydrogen) atoms. The highest BCUT2D eigenvalue weighted by Gasteiger charge is 2.23. The standard InChI is InChI=1S/C28H22F2N8O3/c1-15-11-32-26(41-28(29)30)7-19(15)27-17(10-31)4-6-25(35-27)38-14-33-20-8-21(34-24-5-3-16(2)36-37-24)23(9-22(20)38)40-18-12-39-13-18/h3-9,11,14,18,28H,12-13H2,1-2H3,(H,34,37). The van der Waals surface area contributed by atoms with Gasteiger partial charge < -0.3 is 19.5 Å². The third-order valence-corrected chi connectivity index (χ3v) is 6.40. The summed E-state index contributed by atoms with van der Waals surface area (Å²) in [5, 5.41) is 21.3. The Bertz CT molecular complexity index is 1780. The Balaban J connectivity index is 1.43. The molecule has 13 heteroatoms. The number of hydrogen-bond acceptors (Lipinski definition) is 10. The first kappa shape index (κ1) is 26.0. The minimum atomic E-state index is -3.04. The number of anilines is 2. The van der Waals surface area contributed by atoms with Gasteiger partial charge in [-0.05, 0) is 49.7 Å². The van der Waals surface area contributed by atoms with Gasteiger partial charge in [-0.2, -0.15) is 19.1 Å². The van der Waals surface area contributed by atoms with E-state index >= 15 is 0 Å². The molecule has 1 saturated heterocycles. The number of pyridine rings is 2. The van der Waals surface area contributed by atoms with Crippen LogP contribution in [0.1, 0.15) is 16.8 Å². The number of hydrogen-bond donors (Lipinski definition) is 1. The predicted octanol–water partition coefficient (Wildman–Crippen LogP) is 4.88. The van der Waals surface area contributed by atoms with Crippen LogP contribution in [0.3, 0.4) is 0 Å². The summed E-state index contributed by atoms with van der Waals surface area (Å²) < 4.78 is 43.4. The van der Waals surface area contributed by atoms with Crippen LogP contribution in [-0.2, 0) is 4.74 Å². The molecule has 1 aromatic carbocycles. The lowest BCUT2D eigenvalue weighted by Crippen LogP contribution is -2.38. The fourth-order valence-electron chi connectivity index (χ4n) is 4.27. The molecule has 0 spiro atoms. The molecule has 1 aliphatic heterocycles. The van der Waals surface area contributed by atoms with Crippen molar-refractivity contribution < 1.29 is 23.0 Å². The molecule has 1 N–H and O–H groups in total. The molecule has 0 amide bonds. The summed E-state index contributed by atoms with van der Waals surface area (Å²) in [6.45, 7) is 1.52. The zero-order valence-electron chi connectivity index (χ0n) is 21.9. The monoisotopic (exact) mass is 556 g/mol. The van der Waals surface area contributed by atoms with Crippen molar-refractivity contribution >= 4 is 22.5 Å². The number of aromatic nitrogens is 6. The van der Waals surface area contributed by atoms with Crippen LogP contribution in [0.2, 0.25) is 0 Å². The lowest BCUT2D eigenvalue weighted by Gasteiger charge is -2.27. The fourth-order valence-corrected chi connectivity index (χ4v) is 4.27. The van der Waals surface area contributed by atoms with Crippen molar-refractivity contribution in [3.8, 4) is 34.8 Å². The molecule has 5 aromatic rings. The van der Waals surface area contributed by atoms with Gasteiger partial charge in [0, 0.05) is 23.9 Å². The van der Waals surface area contributed by atoms with Crippen LogP contribution in [0.15, 0.2) is 55.0 Å². The van der Waals surface area contributed by atoms with Crippen molar-refractivity contribution in [1.29, 1.82) is 5.26 Å². The SMILES string of the molecule is Cc1ccc(Nc2cc3ncn(-c4ccc(C#N)c(-c5cc(OC(F)F)ncc5C)n4)c3cc2OC2COC2)nn1. The number of fused-ring (bicyclic) bond motifs is 1. The quantitative estimate of drug-likeness (QED) is 0.282. The van der Waals surface area contributed by atoms with E-state index in [4.69, 9.17) is 14.5 Å². The Morgan fingerprint density at radius 3 is 2.66 bits per heavy atom. The van der Waals surface area contributed by atoms with Gasteiger partial charge in [0.1, 0.15) is 30.1 Å². The molecule has 0 saturated carbocycles. The first-order valence-corrected chi connectivity index (χ1v) is 12.5. The van der Waals surface area contributed by atoms with Gasteiger partial charge in [0.05, 0.1) is 46.9 Å². The van der Waals surface area contributed by atoms with Gasteiger partial charge in [0.15, 0.2) is 5.82 Å². The predicted molar refractivity (Wildman–Crippen MR) is 143 cm³/mol. The number of benzene rings is 1. The summed E-state index contributed by atoms with van der Waals surface area (Å²) in [6.07, 6.45) is 2.90. The molecule has 11 nitrogen and oxygen atoms in total. The summed E-state index contributed by atoms with van der Waals surface area (Å²) in [5.41, 5.74) is 4.42. The molecule has 0 unspecified atom stereocenters. The number of alkyl halides is 2. The van der Waals surface area contributed by atoms with E-state index < -0.39 is 6.61 Å². The van der Waals surface area contributed by atoms with Crippen LogP contribution < -0.4 is 14.8 Å². The molecule has 4 aromatic heterocycles. The lowest BCUT2D eigenvalue weighted by atomic mass is 10.0. The Hall–Kier alpha value is -5.22. The number of rotatable bonds is 8. The van der Waals surface area contributed by atoms with E-state index in [1.165, 1.54) is 12.3 Å². The summed E-state index contributed by atoms with van der Waals surface area (Å²) in [6, 6.07) is 14.1. The summed E-state index contributed by atoms with van der Waals surface area (Å²) in [4.78, 5) is 13.2. The third kappa shape index (κ3) is 5.32. The number of aryl methyl sites for hydroxylation is 2. The highest BCUT2D eigenvalue weighted by atomic mass is 19.3. The molecule has 5 heterocycles. The zero-order chi connectivity index (χ0) is 28.5. The number of ether oxygens (including phenoxy) is 3. The molecule has 0 radical (unpaired) electrons. The van der Waals surface area contributed by atoms with E-state index in [2.05, 4.69) is 36.3 Å². The van der Waals surface area contributed by atoms with Crippen molar-refractivity contribution in [2.45, 2.75) is 26.6 Å². The van der Waals surface area contributed by atoms with Crippen LogP contribution in [0.4, 0.5) is 20.3 Å². The Morgan fingerprint density at radius 2 is 1.95 bits per heavy atom. The van der Waals surface area contributed by atoms with Crippen LogP contribution >= 0.6 is 0 Å². The van der Waals surface area contributed by atoms with E-state index in [1.807, 2.05) is 31.2 Å². The first-order chi connectivity index (χ1) is 19.9.